The van der Waals surface area contributed by atoms with Crippen molar-refractivity contribution >= 4 is 12.0 Å². The van der Waals surface area contributed by atoms with Crippen molar-refractivity contribution in [1.29, 1.82) is 0 Å². The van der Waals surface area contributed by atoms with E-state index in [2.05, 4.69) is 16.8 Å². The Balaban J connectivity index is 2.06. The average molecular weight is 203 g/mol. The van der Waals surface area contributed by atoms with Crippen LogP contribution >= 0.6 is 0 Å². The molecule has 0 unspecified atom stereocenters. The van der Waals surface area contributed by atoms with E-state index < -0.39 is 0 Å². The molecule has 2 rings (SSSR count). The molecule has 1 fully saturated rings. The number of likely N-dealkylation sites (N-methyl/N-ethyl adjacent to an activating group) is 1. The summed E-state index contributed by atoms with van der Waals surface area (Å²) < 4.78 is 0. The van der Waals surface area contributed by atoms with Crippen molar-refractivity contribution in [1.82, 2.24) is 4.90 Å². The summed E-state index contributed by atoms with van der Waals surface area (Å²) in [6.45, 7) is 4.31. The molecule has 1 aromatic carbocycles. The Kier molecular flexibility index (Phi) is 3.02. The third-order valence-electron chi connectivity index (χ3n) is 2.85. The minimum Gasteiger partial charge on any atom is -0.369 e. The van der Waals surface area contributed by atoms with Gasteiger partial charge in [0.1, 0.15) is 0 Å². The van der Waals surface area contributed by atoms with Gasteiger partial charge < -0.3 is 9.80 Å². The number of carbonyl (C=O) groups excluding carboxylic acids is 1. The lowest BCUT2D eigenvalue weighted by atomic mass is 10.2. The lowest BCUT2D eigenvalue weighted by molar-refractivity contribution is 0.313. The standard InChI is InChI=1S/C12H15N2O/c1-13-6-8-14(9-7-13)12-4-2-11(10-15)3-5-12/h2-5H,6-9H2,1H3. The lowest BCUT2D eigenvalue weighted by Crippen LogP contribution is -2.44. The van der Waals surface area contributed by atoms with Crippen molar-refractivity contribution in [3.8, 4) is 0 Å². The van der Waals surface area contributed by atoms with Gasteiger partial charge in [-0.3, -0.25) is 4.79 Å². The van der Waals surface area contributed by atoms with Crippen LogP contribution in [0.4, 0.5) is 5.69 Å². The summed E-state index contributed by atoms with van der Waals surface area (Å²) in [5.74, 6) is 0. The molecule has 1 aromatic rings. The molecule has 1 heterocycles. The molecule has 0 amide bonds. The molecule has 0 saturated carbocycles. The van der Waals surface area contributed by atoms with Crippen LogP contribution in [0, 0.1) is 0 Å². The fourth-order valence-corrected chi connectivity index (χ4v) is 1.80. The van der Waals surface area contributed by atoms with E-state index >= 15 is 0 Å². The molecule has 1 saturated heterocycles. The van der Waals surface area contributed by atoms with Crippen molar-refractivity contribution in [3.63, 3.8) is 0 Å². The highest BCUT2D eigenvalue weighted by atomic mass is 16.1. The van der Waals surface area contributed by atoms with Crippen LogP contribution in [0.15, 0.2) is 24.3 Å². The number of benzene rings is 1. The first-order valence-electron chi connectivity index (χ1n) is 5.21. The number of piperazine rings is 1. The number of anilines is 1. The number of rotatable bonds is 2. The molecular formula is C12H15N2O. The van der Waals surface area contributed by atoms with Gasteiger partial charge in [0.2, 0.25) is 6.29 Å². The van der Waals surface area contributed by atoms with Crippen molar-refractivity contribution in [2.45, 2.75) is 0 Å². The highest BCUT2D eigenvalue weighted by Crippen LogP contribution is 2.16. The number of hydrogen-bond donors (Lipinski definition) is 0. The molecule has 1 radical (unpaired) electrons. The molecule has 0 aliphatic carbocycles. The van der Waals surface area contributed by atoms with E-state index in [1.165, 1.54) is 5.69 Å². The molecule has 79 valence electrons. The Hall–Kier alpha value is -1.35. The molecule has 0 N–H and O–H groups in total. The zero-order chi connectivity index (χ0) is 10.7. The van der Waals surface area contributed by atoms with Gasteiger partial charge in [0.15, 0.2) is 0 Å². The summed E-state index contributed by atoms with van der Waals surface area (Å²) in [7, 11) is 2.14. The lowest BCUT2D eigenvalue weighted by Gasteiger charge is -2.34. The first-order chi connectivity index (χ1) is 7.29. The highest BCUT2D eigenvalue weighted by Gasteiger charge is 2.13. The third-order valence-corrected chi connectivity index (χ3v) is 2.85. The van der Waals surface area contributed by atoms with Crippen LogP contribution < -0.4 is 4.90 Å². The van der Waals surface area contributed by atoms with Crippen LogP contribution in [-0.4, -0.2) is 44.4 Å². The maximum Gasteiger partial charge on any atom is 0.233 e. The van der Waals surface area contributed by atoms with E-state index in [-0.39, 0.29) is 0 Å². The average Bonchev–Trinajstić information content (AvgIpc) is 2.30. The monoisotopic (exact) mass is 203 g/mol. The van der Waals surface area contributed by atoms with E-state index in [1.807, 2.05) is 30.6 Å². The Morgan fingerprint density at radius 2 is 1.67 bits per heavy atom. The van der Waals surface area contributed by atoms with Crippen molar-refractivity contribution in [2.24, 2.45) is 0 Å². The Morgan fingerprint density at radius 3 is 2.20 bits per heavy atom. The molecule has 1 aliphatic heterocycles. The van der Waals surface area contributed by atoms with Crippen LogP contribution in [0.2, 0.25) is 0 Å². The van der Waals surface area contributed by atoms with Crippen molar-refractivity contribution < 1.29 is 4.79 Å². The Morgan fingerprint density at radius 1 is 1.07 bits per heavy atom. The van der Waals surface area contributed by atoms with Crippen LogP contribution in [0.3, 0.4) is 0 Å². The second-order valence-corrected chi connectivity index (χ2v) is 3.94. The fourth-order valence-electron chi connectivity index (χ4n) is 1.80. The zero-order valence-electron chi connectivity index (χ0n) is 8.94. The number of hydrogen-bond acceptors (Lipinski definition) is 3. The predicted octanol–water partition coefficient (Wildman–Crippen LogP) is 0.896. The molecule has 15 heavy (non-hydrogen) atoms. The normalized spacial score (nSPS) is 17.8. The van der Waals surface area contributed by atoms with Gasteiger partial charge >= 0.3 is 0 Å². The summed E-state index contributed by atoms with van der Waals surface area (Å²) >= 11 is 0. The summed E-state index contributed by atoms with van der Waals surface area (Å²) in [6.07, 6.45) is 1.89. The van der Waals surface area contributed by atoms with Gasteiger partial charge in [-0.2, -0.15) is 0 Å². The van der Waals surface area contributed by atoms with Gasteiger partial charge in [-0.1, -0.05) is 0 Å². The first-order valence-corrected chi connectivity index (χ1v) is 5.21. The second kappa shape index (κ2) is 4.45. The van der Waals surface area contributed by atoms with Gasteiger partial charge in [0.05, 0.1) is 0 Å². The van der Waals surface area contributed by atoms with E-state index in [0.717, 1.165) is 26.2 Å². The zero-order valence-corrected chi connectivity index (χ0v) is 8.94. The molecular weight excluding hydrogens is 188 g/mol. The largest absolute Gasteiger partial charge is 0.369 e. The van der Waals surface area contributed by atoms with Gasteiger partial charge in [-0.15, -0.1) is 0 Å². The smallest absolute Gasteiger partial charge is 0.233 e. The summed E-state index contributed by atoms with van der Waals surface area (Å²) in [5, 5.41) is 0. The molecule has 0 atom stereocenters. The minimum atomic E-state index is 0.618. The van der Waals surface area contributed by atoms with Gasteiger partial charge in [-0.25, -0.2) is 0 Å². The van der Waals surface area contributed by atoms with Crippen LogP contribution in [-0.2, 0) is 4.79 Å². The topological polar surface area (TPSA) is 23.6 Å². The Bertz CT molecular complexity index is 326. The van der Waals surface area contributed by atoms with Crippen molar-refractivity contribution in [3.05, 3.63) is 29.8 Å². The van der Waals surface area contributed by atoms with Crippen LogP contribution in [0.5, 0.6) is 0 Å². The molecule has 1 aliphatic rings. The van der Waals surface area contributed by atoms with Crippen molar-refractivity contribution in [2.75, 3.05) is 38.1 Å². The van der Waals surface area contributed by atoms with Crippen LogP contribution in [0.1, 0.15) is 5.56 Å². The van der Waals surface area contributed by atoms with Crippen LogP contribution in [0.25, 0.3) is 0 Å². The van der Waals surface area contributed by atoms with E-state index in [9.17, 15) is 4.79 Å². The second-order valence-electron chi connectivity index (χ2n) is 3.94. The summed E-state index contributed by atoms with van der Waals surface area (Å²) in [4.78, 5) is 15.1. The van der Waals surface area contributed by atoms with Gasteiger partial charge in [0, 0.05) is 37.4 Å². The predicted molar refractivity (Wildman–Crippen MR) is 60.9 cm³/mol. The maximum atomic E-state index is 10.4. The third kappa shape index (κ3) is 2.36. The minimum absolute atomic E-state index is 0.618. The summed E-state index contributed by atoms with van der Waals surface area (Å²) in [5.41, 5.74) is 1.81. The molecule has 0 bridgehead atoms. The van der Waals surface area contributed by atoms with Gasteiger partial charge in [0.25, 0.3) is 0 Å². The molecule has 3 nitrogen and oxygen atoms in total. The van der Waals surface area contributed by atoms with E-state index in [1.54, 1.807) is 0 Å². The quantitative estimate of drug-likeness (QED) is 0.713. The fraction of sp³-hybridized carbons (Fsp3) is 0.417. The highest BCUT2D eigenvalue weighted by molar-refractivity contribution is 5.76. The Labute approximate surface area is 90.3 Å². The SMILES string of the molecule is CN1CCN(c2ccc([C]=O)cc2)CC1. The van der Waals surface area contributed by atoms with Gasteiger partial charge in [-0.05, 0) is 31.3 Å². The summed E-state index contributed by atoms with van der Waals surface area (Å²) in [6, 6.07) is 7.62. The molecule has 3 heteroatoms. The maximum absolute atomic E-state index is 10.4. The van der Waals surface area contributed by atoms with E-state index in [4.69, 9.17) is 0 Å². The first kappa shape index (κ1) is 10.2. The number of nitrogens with zero attached hydrogens (tertiary/aromatic N) is 2. The molecule has 0 aromatic heterocycles. The van der Waals surface area contributed by atoms with E-state index in [0.29, 0.717) is 5.56 Å². The molecule has 0 spiro atoms.